The lowest BCUT2D eigenvalue weighted by atomic mass is 9.89. The number of aryl methyl sites for hydroxylation is 1. The highest BCUT2D eigenvalue weighted by Gasteiger charge is 2.17. The summed E-state index contributed by atoms with van der Waals surface area (Å²) in [6, 6.07) is 5.34. The molecule has 0 bridgehead atoms. The van der Waals surface area contributed by atoms with E-state index >= 15 is 0 Å². The van der Waals surface area contributed by atoms with Crippen LogP contribution in [0.2, 0.25) is 0 Å². The van der Waals surface area contributed by atoms with Crippen molar-refractivity contribution in [3.8, 4) is 5.75 Å². The number of hydrogen-bond donors (Lipinski definition) is 2. The highest BCUT2D eigenvalue weighted by atomic mass is 19.3. The second-order valence-corrected chi connectivity index (χ2v) is 5.68. The molecule has 1 aromatic carbocycles. The molecule has 0 saturated carbocycles. The molecule has 2 N–H and O–H groups in total. The first-order valence-electron chi connectivity index (χ1n) is 6.70. The van der Waals surface area contributed by atoms with Crippen molar-refractivity contribution in [1.29, 1.82) is 0 Å². The average Bonchev–Trinajstić information content (AvgIpc) is 2.32. The maximum Gasteiger partial charge on any atom is 0.387 e. The molecule has 1 rings (SSSR count). The molecule has 114 valence electrons. The largest absolute Gasteiger partial charge is 0.434 e. The summed E-state index contributed by atoms with van der Waals surface area (Å²) in [6.07, 6.45) is 0.689. The maximum absolute atomic E-state index is 12.4. The molecule has 0 saturated heterocycles. The summed E-state index contributed by atoms with van der Waals surface area (Å²) in [6.45, 7) is 4.30. The Morgan fingerprint density at radius 1 is 1.35 bits per heavy atom. The molecule has 0 fully saturated rings. The number of alkyl halides is 2. The summed E-state index contributed by atoms with van der Waals surface area (Å²) in [7, 11) is 0. The van der Waals surface area contributed by atoms with Gasteiger partial charge >= 0.3 is 6.61 Å². The van der Waals surface area contributed by atoms with Gasteiger partial charge in [0, 0.05) is 25.3 Å². The van der Waals surface area contributed by atoms with Crippen molar-refractivity contribution in [2.75, 3.05) is 13.2 Å². The fraction of sp³-hybridized carbons (Fsp3) is 0.600. The maximum atomic E-state index is 12.4. The van der Waals surface area contributed by atoms with Crippen LogP contribution in [0.15, 0.2) is 18.2 Å². The third-order valence-corrected chi connectivity index (χ3v) is 3.21. The summed E-state index contributed by atoms with van der Waals surface area (Å²) in [5, 5.41) is 12.2. The average molecular weight is 287 g/mol. The smallest absolute Gasteiger partial charge is 0.387 e. The van der Waals surface area contributed by atoms with Gasteiger partial charge in [-0.05, 0) is 24.3 Å². The van der Waals surface area contributed by atoms with Gasteiger partial charge in [-0.2, -0.15) is 8.78 Å². The van der Waals surface area contributed by atoms with Crippen molar-refractivity contribution in [2.45, 2.75) is 40.3 Å². The standard InChI is InChI=1S/C15H23F2NO2/c1-11-5-4-6-12(13(11)20-14(16)17)9-18-10-15(2,3)7-8-19/h4-6,14,18-19H,7-10H2,1-3H3. The Kier molecular flexibility index (Phi) is 6.36. The Balaban J connectivity index is 2.66. The number of rotatable bonds is 8. The molecule has 0 unspecified atom stereocenters. The topological polar surface area (TPSA) is 41.5 Å². The molecule has 20 heavy (non-hydrogen) atoms. The van der Waals surface area contributed by atoms with Crippen molar-refractivity contribution in [1.82, 2.24) is 5.32 Å². The zero-order chi connectivity index (χ0) is 15.2. The first-order chi connectivity index (χ1) is 9.35. The number of nitrogens with one attached hydrogen (secondary N) is 1. The van der Waals surface area contributed by atoms with Crippen molar-refractivity contribution in [3.63, 3.8) is 0 Å². The summed E-state index contributed by atoms with van der Waals surface area (Å²) >= 11 is 0. The van der Waals surface area contributed by atoms with Crippen LogP contribution in [0.3, 0.4) is 0 Å². The second kappa shape index (κ2) is 7.55. The molecule has 1 aromatic rings. The summed E-state index contributed by atoms with van der Waals surface area (Å²) in [5.74, 6) is 0.245. The number of aliphatic hydroxyl groups is 1. The van der Waals surface area contributed by atoms with E-state index in [0.29, 0.717) is 30.6 Å². The van der Waals surface area contributed by atoms with Crippen LogP contribution in [0, 0.1) is 12.3 Å². The highest BCUT2D eigenvalue weighted by molar-refractivity contribution is 5.40. The summed E-state index contributed by atoms with van der Waals surface area (Å²) in [4.78, 5) is 0. The van der Waals surface area contributed by atoms with Crippen LogP contribution >= 0.6 is 0 Å². The van der Waals surface area contributed by atoms with E-state index in [1.54, 1.807) is 19.1 Å². The van der Waals surface area contributed by atoms with E-state index in [1.165, 1.54) is 0 Å². The Labute approximate surface area is 119 Å². The number of aliphatic hydroxyl groups excluding tert-OH is 1. The highest BCUT2D eigenvalue weighted by Crippen LogP contribution is 2.25. The molecule has 5 heteroatoms. The molecule has 0 atom stereocenters. The number of hydrogen-bond acceptors (Lipinski definition) is 3. The first kappa shape index (κ1) is 16.9. The van der Waals surface area contributed by atoms with E-state index in [9.17, 15) is 8.78 Å². The molecule has 0 radical (unpaired) electrons. The van der Waals surface area contributed by atoms with E-state index in [-0.39, 0.29) is 17.8 Å². The second-order valence-electron chi connectivity index (χ2n) is 5.68. The van der Waals surface area contributed by atoms with Gasteiger partial charge in [-0.25, -0.2) is 0 Å². The van der Waals surface area contributed by atoms with Crippen molar-refractivity contribution in [3.05, 3.63) is 29.3 Å². The van der Waals surface area contributed by atoms with Gasteiger partial charge in [0.2, 0.25) is 0 Å². The molecular formula is C15H23F2NO2. The lowest BCUT2D eigenvalue weighted by molar-refractivity contribution is -0.0509. The molecule has 0 aliphatic rings. The van der Waals surface area contributed by atoms with Crippen LogP contribution in [0.5, 0.6) is 5.75 Å². The predicted octanol–water partition coefficient (Wildman–Crippen LogP) is 3.09. The van der Waals surface area contributed by atoms with E-state index in [4.69, 9.17) is 5.11 Å². The third kappa shape index (κ3) is 5.43. The van der Waals surface area contributed by atoms with Gasteiger partial charge < -0.3 is 15.2 Å². The Hall–Kier alpha value is -1.20. The van der Waals surface area contributed by atoms with Crippen LogP contribution < -0.4 is 10.1 Å². The van der Waals surface area contributed by atoms with Crippen LogP contribution in [0.25, 0.3) is 0 Å². The van der Waals surface area contributed by atoms with E-state index in [0.717, 1.165) is 0 Å². The summed E-state index contributed by atoms with van der Waals surface area (Å²) in [5.41, 5.74) is 1.37. The van der Waals surface area contributed by atoms with Crippen LogP contribution in [-0.4, -0.2) is 24.9 Å². The van der Waals surface area contributed by atoms with Crippen molar-refractivity contribution in [2.24, 2.45) is 5.41 Å². The Bertz CT molecular complexity index is 422. The molecular weight excluding hydrogens is 264 g/mol. The molecule has 0 aliphatic heterocycles. The molecule has 0 aromatic heterocycles. The molecule has 0 amide bonds. The lowest BCUT2D eigenvalue weighted by Crippen LogP contribution is -2.30. The number of halogens is 2. The minimum Gasteiger partial charge on any atom is -0.434 e. The van der Waals surface area contributed by atoms with Gasteiger partial charge in [0.25, 0.3) is 0 Å². The first-order valence-corrected chi connectivity index (χ1v) is 6.70. The SMILES string of the molecule is Cc1cccc(CNCC(C)(C)CCO)c1OC(F)F. The van der Waals surface area contributed by atoms with E-state index in [2.05, 4.69) is 10.1 Å². The van der Waals surface area contributed by atoms with Gasteiger partial charge in [0.15, 0.2) is 0 Å². The molecule has 0 aliphatic carbocycles. The fourth-order valence-electron chi connectivity index (χ4n) is 2.04. The number of ether oxygens (including phenoxy) is 1. The van der Waals surface area contributed by atoms with E-state index in [1.807, 2.05) is 19.9 Å². The zero-order valence-corrected chi connectivity index (χ0v) is 12.2. The Morgan fingerprint density at radius 2 is 2.05 bits per heavy atom. The minimum atomic E-state index is -2.82. The van der Waals surface area contributed by atoms with Gasteiger partial charge in [0.1, 0.15) is 5.75 Å². The lowest BCUT2D eigenvalue weighted by Gasteiger charge is -2.24. The van der Waals surface area contributed by atoms with Crippen molar-refractivity contribution < 1.29 is 18.6 Å². The predicted molar refractivity (Wildman–Crippen MR) is 75.0 cm³/mol. The molecule has 3 nitrogen and oxygen atoms in total. The summed E-state index contributed by atoms with van der Waals surface area (Å²) < 4.78 is 29.4. The van der Waals surface area contributed by atoms with E-state index < -0.39 is 6.61 Å². The quantitative estimate of drug-likeness (QED) is 0.772. The number of benzene rings is 1. The van der Waals surface area contributed by atoms with Gasteiger partial charge in [-0.15, -0.1) is 0 Å². The Morgan fingerprint density at radius 3 is 2.65 bits per heavy atom. The molecule has 0 spiro atoms. The van der Waals surface area contributed by atoms with Crippen molar-refractivity contribution >= 4 is 0 Å². The van der Waals surface area contributed by atoms with Crippen LogP contribution in [0.1, 0.15) is 31.4 Å². The minimum absolute atomic E-state index is 0.0394. The third-order valence-electron chi connectivity index (χ3n) is 3.21. The van der Waals surface area contributed by atoms with Crippen LogP contribution in [0.4, 0.5) is 8.78 Å². The van der Waals surface area contributed by atoms with Gasteiger partial charge in [-0.1, -0.05) is 32.0 Å². The van der Waals surface area contributed by atoms with Crippen LogP contribution in [-0.2, 0) is 6.54 Å². The van der Waals surface area contributed by atoms with Gasteiger partial charge in [-0.3, -0.25) is 0 Å². The normalized spacial score (nSPS) is 11.9. The number of para-hydroxylation sites is 1. The van der Waals surface area contributed by atoms with Gasteiger partial charge in [0.05, 0.1) is 0 Å². The zero-order valence-electron chi connectivity index (χ0n) is 12.2. The fourth-order valence-corrected chi connectivity index (χ4v) is 2.04. The monoisotopic (exact) mass is 287 g/mol. The molecule has 0 heterocycles.